The fourth-order valence-electron chi connectivity index (χ4n) is 3.20. The number of benzene rings is 2. The molecule has 0 atom stereocenters. The van der Waals surface area contributed by atoms with Crippen LogP contribution in [0.2, 0.25) is 0 Å². The first kappa shape index (κ1) is 19.6. The average molecular weight is 379 g/mol. The lowest BCUT2D eigenvalue weighted by molar-refractivity contribution is -0.139. The Morgan fingerprint density at radius 2 is 1.39 bits per heavy atom. The minimum Gasteiger partial charge on any atom is -0.378 e. The van der Waals surface area contributed by atoms with E-state index in [-0.39, 0.29) is 37.1 Å². The quantitative estimate of drug-likeness (QED) is 0.724. The smallest absolute Gasteiger partial charge is 0.253 e. The van der Waals surface area contributed by atoms with Crippen LogP contribution in [0.1, 0.15) is 34.3 Å². The van der Waals surface area contributed by atoms with E-state index in [2.05, 4.69) is 0 Å². The minimum absolute atomic E-state index is 0.0726. The highest BCUT2D eigenvalue weighted by atomic mass is 16.2. The van der Waals surface area contributed by atoms with E-state index in [1.807, 2.05) is 43.3 Å². The molecule has 0 bridgehead atoms. The highest BCUT2D eigenvalue weighted by Gasteiger charge is 2.28. The van der Waals surface area contributed by atoms with Crippen LogP contribution in [-0.4, -0.2) is 48.7 Å². The van der Waals surface area contributed by atoms with Gasteiger partial charge in [0.1, 0.15) is 0 Å². The Hall–Kier alpha value is -3.15. The number of imide groups is 1. The van der Waals surface area contributed by atoms with E-state index in [0.29, 0.717) is 12.1 Å². The summed E-state index contributed by atoms with van der Waals surface area (Å²) in [6.07, 6.45) is 0.575. The molecule has 0 unspecified atom stereocenters. The van der Waals surface area contributed by atoms with E-state index in [1.54, 1.807) is 36.2 Å². The van der Waals surface area contributed by atoms with Crippen molar-refractivity contribution in [3.8, 4) is 0 Å². The maximum atomic E-state index is 12.7. The topological polar surface area (TPSA) is 60.9 Å². The summed E-state index contributed by atoms with van der Waals surface area (Å²) in [5.74, 6) is -0.341. The first-order valence-corrected chi connectivity index (χ1v) is 9.29. The van der Waals surface area contributed by atoms with Gasteiger partial charge in [-0.3, -0.25) is 19.3 Å². The molecule has 28 heavy (non-hydrogen) atoms. The predicted octanol–water partition coefficient (Wildman–Crippen LogP) is 2.67. The van der Waals surface area contributed by atoms with Crippen molar-refractivity contribution < 1.29 is 14.4 Å². The Morgan fingerprint density at radius 3 is 1.93 bits per heavy atom. The number of hydrogen-bond donors (Lipinski definition) is 0. The lowest BCUT2D eigenvalue weighted by Crippen LogP contribution is -2.28. The molecule has 1 aliphatic heterocycles. The zero-order valence-corrected chi connectivity index (χ0v) is 16.5. The number of likely N-dealkylation sites (tertiary alicyclic amines) is 1. The Kier molecular flexibility index (Phi) is 5.78. The summed E-state index contributed by atoms with van der Waals surface area (Å²) in [5, 5.41) is 0. The van der Waals surface area contributed by atoms with E-state index in [9.17, 15) is 14.4 Å². The molecular formula is C22H25N3O3. The van der Waals surface area contributed by atoms with Crippen molar-refractivity contribution in [2.45, 2.75) is 25.9 Å². The van der Waals surface area contributed by atoms with E-state index in [1.165, 1.54) is 4.90 Å². The SMILES string of the molecule is CN(Cc1ccc(N(C)C)cc1)C(=O)c1ccc(CN2C(=O)CCC2=O)cc1. The minimum atomic E-state index is -0.134. The van der Waals surface area contributed by atoms with E-state index in [4.69, 9.17) is 0 Å². The van der Waals surface area contributed by atoms with Crippen molar-refractivity contribution in [1.29, 1.82) is 0 Å². The van der Waals surface area contributed by atoms with Crippen LogP contribution in [0, 0.1) is 0 Å². The average Bonchev–Trinajstić information content (AvgIpc) is 3.00. The van der Waals surface area contributed by atoms with Crippen molar-refractivity contribution in [2.24, 2.45) is 0 Å². The molecule has 3 amide bonds. The number of hydrogen-bond acceptors (Lipinski definition) is 4. The third-order valence-electron chi connectivity index (χ3n) is 4.92. The van der Waals surface area contributed by atoms with Gasteiger partial charge in [-0.15, -0.1) is 0 Å². The lowest BCUT2D eigenvalue weighted by atomic mass is 10.1. The standard InChI is InChI=1S/C22H25N3O3/c1-23(2)19-10-6-16(7-11-19)14-24(3)22(28)18-8-4-17(5-9-18)15-25-20(26)12-13-21(25)27/h4-11H,12-15H2,1-3H3. The molecule has 0 aliphatic carbocycles. The van der Waals surface area contributed by atoms with Crippen LogP contribution in [0.3, 0.4) is 0 Å². The Bertz CT molecular complexity index is 857. The monoisotopic (exact) mass is 379 g/mol. The maximum Gasteiger partial charge on any atom is 0.253 e. The second kappa shape index (κ2) is 8.25. The van der Waals surface area contributed by atoms with Crippen molar-refractivity contribution >= 4 is 23.4 Å². The van der Waals surface area contributed by atoms with Gasteiger partial charge in [-0.1, -0.05) is 24.3 Å². The van der Waals surface area contributed by atoms with Gasteiger partial charge in [0.15, 0.2) is 0 Å². The van der Waals surface area contributed by atoms with Crippen molar-refractivity contribution in [3.63, 3.8) is 0 Å². The second-order valence-corrected chi connectivity index (χ2v) is 7.29. The van der Waals surface area contributed by atoms with Gasteiger partial charge in [0.25, 0.3) is 5.91 Å². The lowest BCUT2D eigenvalue weighted by Gasteiger charge is -2.19. The molecule has 6 nitrogen and oxygen atoms in total. The number of carbonyl (C=O) groups is 3. The fourth-order valence-corrected chi connectivity index (χ4v) is 3.20. The van der Waals surface area contributed by atoms with Crippen LogP contribution in [0.5, 0.6) is 0 Å². The first-order valence-electron chi connectivity index (χ1n) is 9.29. The molecule has 0 saturated carbocycles. The highest BCUT2D eigenvalue weighted by Crippen LogP contribution is 2.18. The van der Waals surface area contributed by atoms with Gasteiger partial charge >= 0.3 is 0 Å². The number of anilines is 1. The normalized spacial score (nSPS) is 13.8. The van der Waals surface area contributed by atoms with Gasteiger partial charge in [-0.05, 0) is 35.4 Å². The Labute approximate surface area is 165 Å². The molecule has 0 N–H and O–H groups in total. The first-order chi connectivity index (χ1) is 13.3. The summed E-state index contributed by atoms with van der Waals surface area (Å²) in [6, 6.07) is 15.2. The third kappa shape index (κ3) is 4.39. The third-order valence-corrected chi connectivity index (χ3v) is 4.92. The molecule has 146 valence electrons. The summed E-state index contributed by atoms with van der Waals surface area (Å²) >= 11 is 0. The largest absolute Gasteiger partial charge is 0.378 e. The fraction of sp³-hybridized carbons (Fsp3) is 0.318. The molecule has 2 aromatic rings. The number of amides is 3. The van der Waals surface area contributed by atoms with Crippen LogP contribution >= 0.6 is 0 Å². The molecular weight excluding hydrogens is 354 g/mol. The van der Waals surface area contributed by atoms with Crippen LogP contribution in [0.15, 0.2) is 48.5 Å². The van der Waals surface area contributed by atoms with Crippen LogP contribution < -0.4 is 4.90 Å². The van der Waals surface area contributed by atoms with E-state index < -0.39 is 0 Å². The van der Waals surface area contributed by atoms with Crippen molar-refractivity contribution in [3.05, 3.63) is 65.2 Å². The Morgan fingerprint density at radius 1 is 0.857 bits per heavy atom. The maximum absolute atomic E-state index is 12.7. The zero-order valence-electron chi connectivity index (χ0n) is 16.5. The highest BCUT2D eigenvalue weighted by molar-refractivity contribution is 6.01. The van der Waals surface area contributed by atoms with Crippen molar-refractivity contribution in [2.75, 3.05) is 26.0 Å². The number of carbonyl (C=O) groups excluding carboxylic acids is 3. The molecule has 1 heterocycles. The summed E-state index contributed by atoms with van der Waals surface area (Å²) in [7, 11) is 5.76. The molecule has 0 radical (unpaired) electrons. The zero-order chi connectivity index (χ0) is 20.3. The number of nitrogens with zero attached hydrogens (tertiary/aromatic N) is 3. The van der Waals surface area contributed by atoms with E-state index >= 15 is 0 Å². The second-order valence-electron chi connectivity index (χ2n) is 7.29. The molecule has 1 saturated heterocycles. The molecule has 1 aliphatic rings. The molecule has 6 heteroatoms. The van der Waals surface area contributed by atoms with Crippen molar-refractivity contribution in [1.82, 2.24) is 9.80 Å². The van der Waals surface area contributed by atoms with Crippen LogP contribution in [-0.2, 0) is 22.7 Å². The summed E-state index contributed by atoms with van der Waals surface area (Å²) in [5.41, 5.74) is 3.59. The summed E-state index contributed by atoms with van der Waals surface area (Å²) < 4.78 is 0. The van der Waals surface area contributed by atoms with Gasteiger partial charge in [0.2, 0.25) is 11.8 Å². The molecule has 0 spiro atoms. The molecule has 1 fully saturated rings. The summed E-state index contributed by atoms with van der Waals surface area (Å²) in [6.45, 7) is 0.783. The Balaban J connectivity index is 1.61. The van der Waals surface area contributed by atoms with Crippen LogP contribution in [0.25, 0.3) is 0 Å². The molecule has 0 aromatic heterocycles. The van der Waals surface area contributed by atoms with Gasteiger partial charge in [-0.25, -0.2) is 0 Å². The summed E-state index contributed by atoms with van der Waals surface area (Å²) in [4.78, 5) is 41.1. The number of rotatable bonds is 6. The molecule has 3 rings (SSSR count). The van der Waals surface area contributed by atoms with Gasteiger partial charge in [0.05, 0.1) is 6.54 Å². The van der Waals surface area contributed by atoms with Gasteiger partial charge < -0.3 is 9.80 Å². The van der Waals surface area contributed by atoms with Gasteiger partial charge in [-0.2, -0.15) is 0 Å². The predicted molar refractivity (Wildman–Crippen MR) is 108 cm³/mol. The van der Waals surface area contributed by atoms with E-state index in [0.717, 1.165) is 16.8 Å². The van der Waals surface area contributed by atoms with Crippen LogP contribution in [0.4, 0.5) is 5.69 Å². The molecule has 2 aromatic carbocycles. The van der Waals surface area contributed by atoms with Gasteiger partial charge in [0, 0.05) is 51.8 Å².